The lowest BCUT2D eigenvalue weighted by molar-refractivity contribution is -0.384. The van der Waals surface area contributed by atoms with E-state index >= 15 is 0 Å². The van der Waals surface area contributed by atoms with Gasteiger partial charge >= 0.3 is 0 Å². The minimum Gasteiger partial charge on any atom is -0.496 e. The first-order valence-corrected chi connectivity index (χ1v) is 8.35. The summed E-state index contributed by atoms with van der Waals surface area (Å²) in [5.41, 5.74) is -0.251. The van der Waals surface area contributed by atoms with E-state index in [4.69, 9.17) is 16.3 Å². The highest BCUT2D eigenvalue weighted by Gasteiger charge is 2.34. The number of nitrogens with zero attached hydrogens (tertiary/aromatic N) is 3. The summed E-state index contributed by atoms with van der Waals surface area (Å²) in [5, 5.41) is 17.1. The fourth-order valence-corrected chi connectivity index (χ4v) is 3.07. The molecule has 1 saturated carbocycles. The smallest absolute Gasteiger partial charge is 0.283 e. The Morgan fingerprint density at radius 2 is 2.19 bits per heavy atom. The molecule has 8 nitrogen and oxygen atoms in total. The van der Waals surface area contributed by atoms with Crippen molar-refractivity contribution < 1.29 is 23.2 Å². The van der Waals surface area contributed by atoms with Crippen LogP contribution in [0.25, 0.3) is 0 Å². The molecule has 1 heterocycles. The molecule has 1 aromatic carbocycles. The lowest BCUT2D eigenvalue weighted by Crippen LogP contribution is -2.21. The van der Waals surface area contributed by atoms with Crippen molar-refractivity contribution >= 4 is 28.9 Å². The van der Waals surface area contributed by atoms with E-state index in [0.717, 1.165) is 12.8 Å². The van der Waals surface area contributed by atoms with Crippen LogP contribution in [0.1, 0.15) is 36.6 Å². The minimum atomic E-state index is -2.85. The molecular weight excluding hydrogens is 386 g/mol. The Morgan fingerprint density at radius 3 is 2.74 bits per heavy atom. The van der Waals surface area contributed by atoms with Gasteiger partial charge in [0.2, 0.25) is 5.91 Å². The number of nitro groups is 1. The van der Waals surface area contributed by atoms with Gasteiger partial charge in [-0.15, -0.1) is 0 Å². The van der Waals surface area contributed by atoms with Gasteiger partial charge in [-0.25, -0.2) is 8.78 Å². The summed E-state index contributed by atoms with van der Waals surface area (Å²) in [6, 6.07) is 3.79. The quantitative estimate of drug-likeness (QED) is 0.561. The Bertz CT molecular complexity index is 899. The van der Waals surface area contributed by atoms with Crippen molar-refractivity contribution in [1.29, 1.82) is 0 Å². The van der Waals surface area contributed by atoms with Gasteiger partial charge in [-0.1, -0.05) is 11.6 Å². The number of carbonyl (C=O) groups is 1. The number of anilines is 1. The zero-order chi connectivity index (χ0) is 19.7. The van der Waals surface area contributed by atoms with Crippen LogP contribution in [0.3, 0.4) is 0 Å². The number of nitro benzene ring substituents is 1. The van der Waals surface area contributed by atoms with E-state index in [1.54, 1.807) is 0 Å². The number of ether oxygens (including phenoxy) is 1. The third kappa shape index (κ3) is 4.16. The van der Waals surface area contributed by atoms with E-state index in [2.05, 4.69) is 10.4 Å². The number of carbonyl (C=O) groups excluding carboxylic acids is 1. The SMILES string of the molecule is COc1cc(NC(=O)Cn2nc(C(F)F)c(Cl)c2C2CC2)cc([N+](=O)[O-])c1. The lowest BCUT2D eigenvalue weighted by Gasteiger charge is -2.09. The predicted octanol–water partition coefficient (Wildman–Crippen LogP) is 3.91. The van der Waals surface area contributed by atoms with E-state index < -0.39 is 22.9 Å². The van der Waals surface area contributed by atoms with Crippen LogP contribution in [-0.2, 0) is 11.3 Å². The van der Waals surface area contributed by atoms with Crippen molar-refractivity contribution in [2.45, 2.75) is 31.7 Å². The first-order chi connectivity index (χ1) is 12.8. The third-order valence-electron chi connectivity index (χ3n) is 4.04. The van der Waals surface area contributed by atoms with Crippen molar-refractivity contribution in [2.75, 3.05) is 12.4 Å². The number of nitrogens with one attached hydrogen (secondary N) is 1. The number of non-ortho nitro benzene ring substituents is 1. The predicted molar refractivity (Wildman–Crippen MR) is 92.4 cm³/mol. The van der Waals surface area contributed by atoms with Gasteiger partial charge in [0.05, 0.1) is 34.5 Å². The molecule has 0 aliphatic heterocycles. The van der Waals surface area contributed by atoms with Gasteiger partial charge in [-0.3, -0.25) is 19.6 Å². The highest BCUT2D eigenvalue weighted by molar-refractivity contribution is 6.32. The largest absolute Gasteiger partial charge is 0.496 e. The lowest BCUT2D eigenvalue weighted by atomic mass is 10.2. The molecule has 27 heavy (non-hydrogen) atoms. The van der Waals surface area contributed by atoms with Crippen molar-refractivity contribution in [3.63, 3.8) is 0 Å². The number of alkyl halides is 2. The van der Waals surface area contributed by atoms with E-state index in [9.17, 15) is 23.7 Å². The number of hydrogen-bond acceptors (Lipinski definition) is 5. The normalized spacial score (nSPS) is 13.7. The van der Waals surface area contributed by atoms with Gasteiger partial charge in [0.25, 0.3) is 12.1 Å². The molecule has 1 amide bonds. The highest BCUT2D eigenvalue weighted by atomic mass is 35.5. The van der Waals surface area contributed by atoms with Crippen LogP contribution >= 0.6 is 11.6 Å². The van der Waals surface area contributed by atoms with Crippen molar-refractivity contribution in [3.05, 3.63) is 44.7 Å². The average molecular weight is 401 g/mol. The molecule has 0 bridgehead atoms. The molecule has 0 spiro atoms. The van der Waals surface area contributed by atoms with Crippen LogP contribution in [0.2, 0.25) is 5.02 Å². The zero-order valence-corrected chi connectivity index (χ0v) is 14.9. The maximum Gasteiger partial charge on any atom is 0.283 e. The van der Waals surface area contributed by atoms with Gasteiger partial charge in [0.1, 0.15) is 18.0 Å². The van der Waals surface area contributed by atoms with Crippen LogP contribution in [0.4, 0.5) is 20.2 Å². The highest BCUT2D eigenvalue weighted by Crippen LogP contribution is 2.45. The second-order valence-electron chi connectivity index (χ2n) is 6.04. The summed E-state index contributed by atoms with van der Waals surface area (Å²) >= 11 is 6.01. The Morgan fingerprint density at radius 1 is 1.48 bits per heavy atom. The number of methoxy groups -OCH3 is 1. The topological polar surface area (TPSA) is 99.3 Å². The van der Waals surface area contributed by atoms with Crippen LogP contribution in [0.5, 0.6) is 5.75 Å². The monoisotopic (exact) mass is 400 g/mol. The van der Waals surface area contributed by atoms with Gasteiger partial charge in [-0.05, 0) is 12.8 Å². The fraction of sp³-hybridized carbons (Fsp3) is 0.375. The van der Waals surface area contributed by atoms with Crippen LogP contribution < -0.4 is 10.1 Å². The van der Waals surface area contributed by atoms with Crippen LogP contribution in [0, 0.1) is 10.1 Å². The van der Waals surface area contributed by atoms with Gasteiger partial charge in [0.15, 0.2) is 0 Å². The van der Waals surface area contributed by atoms with Gasteiger partial charge in [-0.2, -0.15) is 5.10 Å². The molecule has 0 unspecified atom stereocenters. The molecular formula is C16H15ClF2N4O4. The third-order valence-corrected chi connectivity index (χ3v) is 4.43. The minimum absolute atomic E-state index is 0.00297. The molecule has 11 heteroatoms. The fourth-order valence-electron chi connectivity index (χ4n) is 2.69. The molecule has 1 aromatic heterocycles. The Balaban J connectivity index is 1.82. The number of halogens is 3. The molecule has 1 aliphatic rings. The van der Waals surface area contributed by atoms with E-state index in [1.165, 1.54) is 30.0 Å². The first kappa shape index (κ1) is 19.0. The summed E-state index contributed by atoms with van der Waals surface area (Å²) in [7, 11) is 1.34. The molecule has 0 radical (unpaired) electrons. The summed E-state index contributed by atoms with van der Waals surface area (Å²) in [4.78, 5) is 22.7. The standard InChI is InChI=1S/C16H15ClF2N4O4/c1-27-11-5-9(4-10(6-11)23(25)26)20-12(24)7-22-15(8-2-3-8)13(17)14(21-22)16(18)19/h4-6,8,16H,2-3,7H2,1H3,(H,20,24). The van der Waals surface area contributed by atoms with E-state index in [-0.39, 0.29) is 34.6 Å². The summed E-state index contributed by atoms with van der Waals surface area (Å²) in [6.45, 7) is -0.344. The Kier molecular flexibility index (Phi) is 5.26. The number of benzene rings is 1. The Hall–Kier alpha value is -2.75. The number of rotatable bonds is 7. The molecule has 3 rings (SSSR count). The maximum atomic E-state index is 13.1. The van der Waals surface area contributed by atoms with Crippen LogP contribution in [-0.4, -0.2) is 27.7 Å². The molecule has 2 aromatic rings. The number of aromatic nitrogens is 2. The summed E-state index contributed by atoms with van der Waals surface area (Å²) in [5.74, 6) is -0.386. The van der Waals surface area contributed by atoms with Crippen molar-refractivity contribution in [2.24, 2.45) is 0 Å². The van der Waals surface area contributed by atoms with Crippen molar-refractivity contribution in [3.8, 4) is 5.75 Å². The van der Waals surface area contributed by atoms with E-state index in [0.29, 0.717) is 5.69 Å². The first-order valence-electron chi connectivity index (χ1n) is 7.97. The molecule has 0 saturated heterocycles. The second-order valence-corrected chi connectivity index (χ2v) is 6.42. The molecule has 0 atom stereocenters. The summed E-state index contributed by atoms with van der Waals surface area (Å²) < 4.78 is 32.3. The second kappa shape index (κ2) is 7.47. The van der Waals surface area contributed by atoms with Gasteiger partial charge < -0.3 is 10.1 Å². The Labute approximate surface area is 157 Å². The van der Waals surface area contributed by atoms with Crippen LogP contribution in [0.15, 0.2) is 18.2 Å². The zero-order valence-electron chi connectivity index (χ0n) is 14.1. The summed E-state index contributed by atoms with van der Waals surface area (Å²) in [6.07, 6.45) is -1.27. The van der Waals surface area contributed by atoms with Gasteiger partial charge in [0, 0.05) is 18.1 Å². The number of hydrogen-bond donors (Lipinski definition) is 1. The van der Waals surface area contributed by atoms with E-state index in [1.807, 2.05) is 0 Å². The van der Waals surface area contributed by atoms with Crippen molar-refractivity contribution in [1.82, 2.24) is 9.78 Å². The molecule has 1 N–H and O–H groups in total. The average Bonchev–Trinajstić information content (AvgIpc) is 3.38. The molecule has 144 valence electrons. The molecule has 1 aliphatic carbocycles. The number of amides is 1. The molecule has 1 fully saturated rings. The maximum absolute atomic E-state index is 13.1.